The molecule has 3 atom stereocenters. The van der Waals surface area contributed by atoms with Crippen LogP contribution in [0.15, 0.2) is 35.4 Å². The lowest BCUT2D eigenvalue weighted by atomic mass is 9.74. The second-order valence-electron chi connectivity index (χ2n) is 6.77. The average molecular weight is 378 g/mol. The molecule has 132 valence electrons. The van der Waals surface area contributed by atoms with Crippen LogP contribution in [0.3, 0.4) is 0 Å². The number of fused-ring (bicyclic) bond motifs is 1. The van der Waals surface area contributed by atoms with Gasteiger partial charge < -0.3 is 10.0 Å². The number of thiazole rings is 1. The first-order valence-electron chi connectivity index (χ1n) is 8.06. The number of hydrogen-bond acceptors (Lipinski definition) is 7. The Morgan fingerprint density at radius 3 is 2.84 bits per heavy atom. The van der Waals surface area contributed by atoms with Crippen molar-refractivity contribution in [2.75, 3.05) is 24.2 Å². The number of sulfone groups is 1. The zero-order valence-electron chi connectivity index (χ0n) is 13.6. The van der Waals surface area contributed by atoms with Crippen LogP contribution in [0.25, 0.3) is 0 Å². The van der Waals surface area contributed by atoms with E-state index in [0.717, 1.165) is 30.9 Å². The van der Waals surface area contributed by atoms with Crippen LogP contribution >= 0.6 is 11.3 Å². The number of carbonyl (C=O) groups excluding carboxylic acids is 1. The number of nitrogens with zero attached hydrogens (tertiary/aromatic N) is 2. The third-order valence-corrected chi connectivity index (χ3v) is 7.21. The topological polar surface area (TPSA) is 87.6 Å². The van der Waals surface area contributed by atoms with Gasteiger partial charge in [0.25, 0.3) is 0 Å². The highest BCUT2D eigenvalue weighted by atomic mass is 32.2. The van der Waals surface area contributed by atoms with Gasteiger partial charge in [0.2, 0.25) is 5.78 Å². The van der Waals surface area contributed by atoms with Crippen molar-refractivity contribution in [1.29, 1.82) is 0 Å². The summed E-state index contributed by atoms with van der Waals surface area (Å²) in [5, 5.41) is 10.6. The molecular weight excluding hydrogens is 360 g/mol. The molecule has 1 saturated heterocycles. The summed E-state index contributed by atoms with van der Waals surface area (Å²) >= 11 is 1.31. The highest BCUT2D eigenvalue weighted by Crippen LogP contribution is 2.43. The van der Waals surface area contributed by atoms with E-state index in [1.165, 1.54) is 23.5 Å². The highest BCUT2D eigenvalue weighted by molar-refractivity contribution is 7.90. The molecule has 1 saturated carbocycles. The normalized spacial score (nSPS) is 25.5. The van der Waals surface area contributed by atoms with Crippen LogP contribution < -0.4 is 4.90 Å². The van der Waals surface area contributed by atoms with E-state index in [2.05, 4.69) is 9.88 Å². The predicted octanol–water partition coefficient (Wildman–Crippen LogP) is 1.59. The molecule has 2 aromatic rings. The summed E-state index contributed by atoms with van der Waals surface area (Å²) in [6, 6.07) is 6.08. The number of benzene rings is 1. The maximum Gasteiger partial charge on any atom is 0.204 e. The van der Waals surface area contributed by atoms with Gasteiger partial charge in [-0.05, 0) is 24.5 Å². The summed E-state index contributed by atoms with van der Waals surface area (Å²) in [4.78, 5) is 19.8. The zero-order chi connectivity index (χ0) is 17.8. The van der Waals surface area contributed by atoms with Crippen LogP contribution in [0.5, 0.6) is 0 Å². The Morgan fingerprint density at radius 2 is 2.16 bits per heavy atom. The van der Waals surface area contributed by atoms with Gasteiger partial charge in [0.05, 0.1) is 22.1 Å². The average Bonchev–Trinajstić information content (AvgIpc) is 3.17. The second-order valence-corrected chi connectivity index (χ2v) is 9.79. The third-order valence-electron chi connectivity index (χ3n) is 5.04. The molecule has 1 aliphatic carbocycles. The van der Waals surface area contributed by atoms with Crippen molar-refractivity contribution in [2.24, 2.45) is 11.8 Å². The van der Waals surface area contributed by atoms with Crippen LogP contribution in [0, 0.1) is 11.8 Å². The molecule has 2 fully saturated rings. The molecule has 1 N–H and O–H groups in total. The number of aliphatic hydroxyl groups excluding tert-OH is 1. The molecule has 0 amide bonds. The minimum Gasteiger partial charge on any atom is -0.393 e. The molecule has 4 rings (SSSR count). The number of carbonyl (C=O) groups is 1. The third kappa shape index (κ3) is 2.98. The molecule has 6 nitrogen and oxygen atoms in total. The summed E-state index contributed by atoms with van der Waals surface area (Å²) in [6.45, 7) is 1.64. The number of aliphatic hydroxyl groups is 1. The molecule has 2 aliphatic rings. The molecule has 1 aliphatic heterocycles. The van der Waals surface area contributed by atoms with Gasteiger partial charge in [-0.3, -0.25) is 4.79 Å². The van der Waals surface area contributed by atoms with Crippen LogP contribution in [-0.4, -0.2) is 49.7 Å². The fraction of sp³-hybridized carbons (Fsp3) is 0.412. The smallest absolute Gasteiger partial charge is 0.204 e. The first kappa shape index (κ1) is 16.7. The van der Waals surface area contributed by atoms with Crippen LogP contribution in [0.2, 0.25) is 0 Å². The molecule has 1 aromatic carbocycles. The molecule has 0 spiro atoms. The van der Waals surface area contributed by atoms with Gasteiger partial charge in [-0.2, -0.15) is 0 Å². The summed E-state index contributed by atoms with van der Waals surface area (Å²) in [6.07, 6.45) is 3.30. The maximum atomic E-state index is 12.7. The van der Waals surface area contributed by atoms with E-state index in [4.69, 9.17) is 0 Å². The van der Waals surface area contributed by atoms with E-state index in [-0.39, 0.29) is 16.8 Å². The fourth-order valence-corrected chi connectivity index (χ4v) is 5.12. The summed E-state index contributed by atoms with van der Waals surface area (Å²) in [5.41, 5.74) is 0.343. The van der Waals surface area contributed by atoms with E-state index in [1.807, 2.05) is 0 Å². The summed E-state index contributed by atoms with van der Waals surface area (Å²) in [5.74, 6) is 0.607. The molecule has 2 heterocycles. The van der Waals surface area contributed by atoms with E-state index < -0.39 is 9.84 Å². The Bertz CT molecular complexity index is 938. The van der Waals surface area contributed by atoms with Crippen LogP contribution in [0.4, 0.5) is 5.13 Å². The lowest BCUT2D eigenvalue weighted by Crippen LogP contribution is -2.39. The fourth-order valence-electron chi connectivity index (χ4n) is 3.55. The Labute approximate surface area is 150 Å². The van der Waals surface area contributed by atoms with Crippen LogP contribution in [0.1, 0.15) is 21.7 Å². The molecular formula is C17H18N2O4S2. The van der Waals surface area contributed by atoms with E-state index in [9.17, 15) is 18.3 Å². The Hall–Kier alpha value is -1.77. The SMILES string of the molecule is CS(=O)(=O)c1cccc(C(=O)c2cnc(N3C[C@H]4C[C@@H](O)[C@H]4C3)s2)c1. The van der Waals surface area contributed by atoms with Gasteiger partial charge in [0.15, 0.2) is 15.0 Å². The zero-order valence-corrected chi connectivity index (χ0v) is 15.3. The van der Waals surface area contributed by atoms with E-state index in [1.54, 1.807) is 18.3 Å². The van der Waals surface area contributed by atoms with Crippen LogP contribution in [-0.2, 0) is 9.84 Å². The summed E-state index contributed by atoms with van der Waals surface area (Å²) < 4.78 is 23.3. The molecule has 0 bridgehead atoms. The first-order chi connectivity index (χ1) is 11.8. The number of rotatable bonds is 4. The Kier molecular flexibility index (Phi) is 3.93. The first-order valence-corrected chi connectivity index (χ1v) is 10.8. The molecule has 0 unspecified atom stereocenters. The number of ketones is 1. The number of aromatic nitrogens is 1. The minimum absolute atomic E-state index is 0.133. The lowest BCUT2D eigenvalue weighted by molar-refractivity contribution is -0.00399. The van der Waals surface area contributed by atoms with Crippen molar-refractivity contribution in [3.8, 4) is 0 Å². The van der Waals surface area contributed by atoms with E-state index >= 15 is 0 Å². The lowest BCUT2D eigenvalue weighted by Gasteiger charge is -2.34. The van der Waals surface area contributed by atoms with Crippen molar-refractivity contribution in [3.05, 3.63) is 40.9 Å². The molecule has 25 heavy (non-hydrogen) atoms. The molecule has 1 aromatic heterocycles. The van der Waals surface area contributed by atoms with Crippen molar-refractivity contribution < 1.29 is 18.3 Å². The van der Waals surface area contributed by atoms with Gasteiger partial charge >= 0.3 is 0 Å². The Balaban J connectivity index is 1.55. The Morgan fingerprint density at radius 1 is 1.36 bits per heavy atom. The molecule has 8 heteroatoms. The highest BCUT2D eigenvalue weighted by Gasteiger charge is 2.46. The molecule has 0 radical (unpaired) electrons. The largest absolute Gasteiger partial charge is 0.393 e. The van der Waals surface area contributed by atoms with E-state index in [0.29, 0.717) is 22.3 Å². The predicted molar refractivity (Wildman–Crippen MR) is 94.9 cm³/mol. The second kappa shape index (κ2) is 5.89. The minimum atomic E-state index is -3.36. The summed E-state index contributed by atoms with van der Waals surface area (Å²) in [7, 11) is -3.36. The standard InChI is InChI=1S/C17H18N2O4S2/c1-25(22,23)12-4-2-3-10(5-12)16(21)15-7-18-17(24-15)19-8-11-6-14(20)13(11)9-19/h2-5,7,11,13-14,20H,6,8-9H2,1H3/t11-,13+,14-/m1/s1. The van der Waals surface area contributed by atoms with Crippen molar-refractivity contribution >= 4 is 32.1 Å². The van der Waals surface area contributed by atoms with Gasteiger partial charge in [-0.25, -0.2) is 13.4 Å². The quantitative estimate of drug-likeness (QED) is 0.813. The van der Waals surface area contributed by atoms with Gasteiger partial charge in [-0.15, -0.1) is 0 Å². The van der Waals surface area contributed by atoms with Gasteiger partial charge in [0, 0.05) is 30.8 Å². The van der Waals surface area contributed by atoms with Gasteiger partial charge in [-0.1, -0.05) is 23.5 Å². The maximum absolute atomic E-state index is 12.7. The van der Waals surface area contributed by atoms with Crippen molar-refractivity contribution in [3.63, 3.8) is 0 Å². The van der Waals surface area contributed by atoms with Crippen molar-refractivity contribution in [1.82, 2.24) is 4.98 Å². The number of hydrogen-bond donors (Lipinski definition) is 1. The number of anilines is 1. The monoisotopic (exact) mass is 378 g/mol. The van der Waals surface area contributed by atoms with Gasteiger partial charge in [0.1, 0.15) is 0 Å². The van der Waals surface area contributed by atoms with Crippen molar-refractivity contribution in [2.45, 2.75) is 17.4 Å².